The highest BCUT2D eigenvalue weighted by molar-refractivity contribution is 7.26. The zero-order valence-corrected chi connectivity index (χ0v) is 25.9. The van der Waals surface area contributed by atoms with E-state index in [1.807, 2.05) is 85.1 Å². The Balaban J connectivity index is 1.14. The van der Waals surface area contributed by atoms with Gasteiger partial charge in [-0.2, -0.15) is 0 Å². The van der Waals surface area contributed by atoms with Crippen molar-refractivity contribution in [2.24, 2.45) is 0 Å². The van der Waals surface area contributed by atoms with Crippen LogP contribution in [0.3, 0.4) is 0 Å². The average Bonchev–Trinajstić information content (AvgIpc) is 3.53. The summed E-state index contributed by atoms with van der Waals surface area (Å²) in [6.07, 6.45) is 1.89. The van der Waals surface area contributed by atoms with Crippen LogP contribution in [0, 0.1) is 0 Å². The van der Waals surface area contributed by atoms with Crippen molar-refractivity contribution in [1.29, 1.82) is 0 Å². The van der Waals surface area contributed by atoms with E-state index in [0.29, 0.717) is 17.5 Å². The van der Waals surface area contributed by atoms with E-state index in [-0.39, 0.29) is 0 Å². The number of para-hydroxylation sites is 1. The van der Waals surface area contributed by atoms with Crippen molar-refractivity contribution >= 4 is 42.4 Å². The Hall–Kier alpha value is -6.11. The predicted octanol–water partition coefficient (Wildman–Crippen LogP) is 10.5. The highest BCUT2D eigenvalue weighted by Gasteiger charge is 2.16. The Labute approximate surface area is 275 Å². The summed E-state index contributed by atoms with van der Waals surface area (Å²) in [5.41, 5.74) is 7.82. The maximum atomic E-state index is 4.96. The summed E-state index contributed by atoms with van der Waals surface area (Å²) in [6.45, 7) is 0. The van der Waals surface area contributed by atoms with Crippen LogP contribution in [0.25, 0.3) is 87.8 Å². The lowest BCUT2D eigenvalue weighted by Gasteiger charge is -2.10. The molecular weight excluding hydrogens is 595 g/mol. The Morgan fingerprint density at radius 1 is 0.426 bits per heavy atom. The van der Waals surface area contributed by atoms with Gasteiger partial charge in [0.05, 0.1) is 16.9 Å². The molecule has 0 fully saturated rings. The van der Waals surface area contributed by atoms with E-state index in [4.69, 9.17) is 24.9 Å². The van der Waals surface area contributed by atoms with Gasteiger partial charge in [0, 0.05) is 48.4 Å². The fourth-order valence-electron chi connectivity index (χ4n) is 6.07. The zero-order valence-electron chi connectivity index (χ0n) is 25.1. The molecule has 0 saturated carbocycles. The lowest BCUT2D eigenvalue weighted by atomic mass is 10.0. The Morgan fingerprint density at radius 2 is 1.06 bits per heavy atom. The molecule has 5 aromatic carbocycles. The maximum absolute atomic E-state index is 4.96. The Bertz CT molecular complexity index is 2520. The molecule has 0 atom stereocenters. The minimum absolute atomic E-state index is 0.640. The molecule has 0 amide bonds. The molecule has 5 nitrogen and oxygen atoms in total. The lowest BCUT2D eigenvalue weighted by molar-refractivity contribution is 1.07. The van der Waals surface area contributed by atoms with Gasteiger partial charge in [-0.05, 0) is 41.5 Å². The lowest BCUT2D eigenvalue weighted by Crippen LogP contribution is -2.00. The number of aromatic nitrogens is 5. The zero-order chi connectivity index (χ0) is 31.2. The molecule has 0 radical (unpaired) electrons. The molecule has 220 valence electrons. The molecule has 0 unspecified atom stereocenters. The van der Waals surface area contributed by atoms with Gasteiger partial charge >= 0.3 is 0 Å². The molecule has 0 saturated heterocycles. The van der Waals surface area contributed by atoms with Crippen molar-refractivity contribution in [1.82, 2.24) is 24.9 Å². The molecule has 0 aliphatic carbocycles. The average molecular weight is 620 g/mol. The first-order chi connectivity index (χ1) is 23.3. The molecule has 0 aliphatic heterocycles. The Kier molecular flexibility index (Phi) is 6.58. The normalized spacial score (nSPS) is 11.4. The van der Waals surface area contributed by atoms with Crippen molar-refractivity contribution in [3.8, 4) is 56.7 Å². The summed E-state index contributed by atoms with van der Waals surface area (Å²) in [6, 6.07) is 49.7. The van der Waals surface area contributed by atoms with Gasteiger partial charge in [-0.1, -0.05) is 115 Å². The van der Waals surface area contributed by atoms with Crippen LogP contribution in [0.4, 0.5) is 0 Å². The first-order valence-corrected chi connectivity index (χ1v) is 16.2. The van der Waals surface area contributed by atoms with E-state index < -0.39 is 0 Å². The van der Waals surface area contributed by atoms with E-state index in [9.17, 15) is 0 Å². The molecular formula is C41H25N5S. The molecule has 0 spiro atoms. The first-order valence-electron chi connectivity index (χ1n) is 15.4. The van der Waals surface area contributed by atoms with E-state index in [1.165, 1.54) is 14.8 Å². The van der Waals surface area contributed by atoms with Gasteiger partial charge in [-0.15, -0.1) is 11.3 Å². The van der Waals surface area contributed by atoms with Crippen LogP contribution in [-0.4, -0.2) is 24.9 Å². The molecule has 9 aromatic rings. The third-order valence-electron chi connectivity index (χ3n) is 8.38. The summed E-state index contributed by atoms with van der Waals surface area (Å²) in [4.78, 5) is 24.5. The van der Waals surface area contributed by atoms with Crippen LogP contribution in [0.5, 0.6) is 0 Å². The second-order valence-corrected chi connectivity index (χ2v) is 12.4. The van der Waals surface area contributed by atoms with Gasteiger partial charge in [0.25, 0.3) is 0 Å². The molecule has 4 aromatic heterocycles. The summed E-state index contributed by atoms with van der Waals surface area (Å²) < 4.78 is 2.40. The number of rotatable bonds is 5. The van der Waals surface area contributed by atoms with Crippen molar-refractivity contribution in [3.05, 3.63) is 152 Å². The molecule has 47 heavy (non-hydrogen) atoms. The summed E-state index contributed by atoms with van der Waals surface area (Å²) >= 11 is 1.78. The molecule has 6 heteroatoms. The van der Waals surface area contributed by atoms with Gasteiger partial charge in [-0.25, -0.2) is 19.9 Å². The van der Waals surface area contributed by atoms with Gasteiger partial charge in [0.1, 0.15) is 0 Å². The number of pyridine rings is 2. The molecule has 9 rings (SSSR count). The largest absolute Gasteiger partial charge is 0.254 e. The second kappa shape index (κ2) is 11.4. The molecule has 4 heterocycles. The van der Waals surface area contributed by atoms with Gasteiger partial charge in [-0.3, -0.25) is 4.98 Å². The monoisotopic (exact) mass is 619 g/mol. The highest BCUT2D eigenvalue weighted by atomic mass is 32.1. The van der Waals surface area contributed by atoms with Gasteiger partial charge < -0.3 is 0 Å². The number of hydrogen-bond donors (Lipinski definition) is 0. The van der Waals surface area contributed by atoms with Crippen LogP contribution < -0.4 is 0 Å². The minimum Gasteiger partial charge on any atom is -0.254 e. The highest BCUT2D eigenvalue weighted by Crippen LogP contribution is 2.40. The standard InChI is InChI=1S/C41H25N5S/c1-3-11-27(12-4-1)39-44-40(28-13-5-2-6-14-28)46-41(45-39)31-16-9-15-29(24-31)30-18-20-32-36(25-30)47-35-22-23-42-38(37(32)35)34-21-19-26-10-7-8-17-33(26)43-34/h1-25H. The van der Waals surface area contributed by atoms with Crippen LogP contribution >= 0.6 is 11.3 Å². The van der Waals surface area contributed by atoms with Crippen molar-refractivity contribution in [2.45, 2.75) is 0 Å². The molecule has 0 aliphatic rings. The van der Waals surface area contributed by atoms with E-state index in [1.54, 1.807) is 11.3 Å². The topological polar surface area (TPSA) is 64.5 Å². The van der Waals surface area contributed by atoms with Crippen LogP contribution in [-0.2, 0) is 0 Å². The Morgan fingerprint density at radius 3 is 1.83 bits per heavy atom. The van der Waals surface area contributed by atoms with Gasteiger partial charge in [0.2, 0.25) is 0 Å². The smallest absolute Gasteiger partial charge is 0.164 e. The van der Waals surface area contributed by atoms with Crippen LogP contribution in [0.1, 0.15) is 0 Å². The van der Waals surface area contributed by atoms with Crippen LogP contribution in [0.15, 0.2) is 152 Å². The maximum Gasteiger partial charge on any atom is 0.164 e. The predicted molar refractivity (Wildman–Crippen MR) is 193 cm³/mol. The van der Waals surface area contributed by atoms with Crippen molar-refractivity contribution in [3.63, 3.8) is 0 Å². The third kappa shape index (κ3) is 5.01. The minimum atomic E-state index is 0.640. The fraction of sp³-hybridized carbons (Fsp3) is 0. The van der Waals surface area contributed by atoms with Crippen molar-refractivity contribution < 1.29 is 0 Å². The second-order valence-electron chi connectivity index (χ2n) is 11.4. The number of benzene rings is 5. The molecule has 0 bridgehead atoms. The van der Waals surface area contributed by atoms with E-state index in [0.717, 1.165) is 55.5 Å². The third-order valence-corrected chi connectivity index (χ3v) is 9.50. The van der Waals surface area contributed by atoms with Crippen LogP contribution in [0.2, 0.25) is 0 Å². The first kappa shape index (κ1) is 27.2. The summed E-state index contributed by atoms with van der Waals surface area (Å²) in [5.74, 6) is 1.94. The van der Waals surface area contributed by atoms with Crippen molar-refractivity contribution in [2.75, 3.05) is 0 Å². The van der Waals surface area contributed by atoms with E-state index in [2.05, 4.69) is 66.7 Å². The number of thiophene rings is 1. The van der Waals surface area contributed by atoms with E-state index >= 15 is 0 Å². The quantitative estimate of drug-likeness (QED) is 0.192. The summed E-state index contributed by atoms with van der Waals surface area (Å²) in [7, 11) is 0. The SMILES string of the molecule is c1ccc(-c2nc(-c3ccccc3)nc(-c3cccc(-c4ccc5c(c4)sc4ccnc(-c6ccc7ccccc7n6)c45)c3)n2)cc1. The number of nitrogens with zero attached hydrogens (tertiary/aromatic N) is 5. The fourth-order valence-corrected chi connectivity index (χ4v) is 7.21. The molecule has 0 N–H and O–H groups in total. The number of hydrogen-bond acceptors (Lipinski definition) is 6. The van der Waals surface area contributed by atoms with Gasteiger partial charge in [0.15, 0.2) is 17.5 Å². The number of fused-ring (bicyclic) bond motifs is 4. The summed E-state index contributed by atoms with van der Waals surface area (Å²) in [5, 5.41) is 3.44.